The van der Waals surface area contributed by atoms with Gasteiger partial charge in [0.15, 0.2) is 11.7 Å². The van der Waals surface area contributed by atoms with Gasteiger partial charge in [0.25, 0.3) is 0 Å². The SMILES string of the molecule is CCC(NC(=N)N)c1cc([C@@H]2CC[C@@H]3CN2C(=O)N3OS(=O)(=O)O)no1. The van der Waals surface area contributed by atoms with Gasteiger partial charge in [0, 0.05) is 12.6 Å². The molecule has 1 aromatic rings. The van der Waals surface area contributed by atoms with E-state index in [2.05, 4.69) is 14.8 Å². The van der Waals surface area contributed by atoms with E-state index in [1.807, 2.05) is 6.92 Å². The lowest BCUT2D eigenvalue weighted by atomic mass is 9.98. The molecule has 5 N–H and O–H groups in total. The van der Waals surface area contributed by atoms with Crippen LogP contribution < -0.4 is 11.1 Å². The standard InChI is InChI=1S/C13H20N6O6S/c1-2-8(16-12(14)15)11-5-9(17-24-11)10-4-3-7-6-18(10)13(20)19(7)25-26(21,22)23/h5,7-8,10H,2-4,6H2,1H3,(H4,14,15,16)(H,21,22,23)/t7-,8?,10+/m1/s1. The number of guanidine groups is 1. The van der Waals surface area contributed by atoms with Crippen molar-refractivity contribution in [1.82, 2.24) is 20.4 Å². The number of piperidine rings is 1. The van der Waals surface area contributed by atoms with Gasteiger partial charge in [-0.3, -0.25) is 9.96 Å². The molecule has 2 aliphatic heterocycles. The van der Waals surface area contributed by atoms with Gasteiger partial charge in [-0.15, -0.1) is 4.28 Å². The number of urea groups is 1. The fourth-order valence-corrected chi connectivity index (χ4v) is 3.71. The highest BCUT2D eigenvalue weighted by Gasteiger charge is 2.48. The third-order valence-electron chi connectivity index (χ3n) is 4.47. The number of carbonyl (C=O) groups excluding carboxylic acids is 1. The van der Waals surface area contributed by atoms with Crippen LogP contribution in [0.2, 0.25) is 0 Å². The predicted molar refractivity (Wildman–Crippen MR) is 86.9 cm³/mol. The molecule has 3 heterocycles. The molecule has 0 radical (unpaired) electrons. The summed E-state index contributed by atoms with van der Waals surface area (Å²) in [7, 11) is -4.78. The average molecular weight is 388 g/mol. The highest BCUT2D eigenvalue weighted by molar-refractivity contribution is 7.80. The minimum absolute atomic E-state index is 0.192. The van der Waals surface area contributed by atoms with Crippen LogP contribution >= 0.6 is 0 Å². The summed E-state index contributed by atoms with van der Waals surface area (Å²) in [4.78, 5) is 13.9. The first-order valence-electron chi connectivity index (χ1n) is 8.03. The molecule has 0 aliphatic carbocycles. The number of hydrogen-bond donors (Lipinski definition) is 4. The Kier molecular flexibility index (Phi) is 4.77. The molecule has 1 aromatic heterocycles. The highest BCUT2D eigenvalue weighted by Crippen LogP contribution is 2.38. The summed E-state index contributed by atoms with van der Waals surface area (Å²) in [5.74, 6) is 0.292. The molecule has 26 heavy (non-hydrogen) atoms. The van der Waals surface area contributed by atoms with Crippen LogP contribution in [0.3, 0.4) is 0 Å². The maximum absolute atomic E-state index is 12.4. The van der Waals surface area contributed by atoms with Crippen molar-refractivity contribution in [1.29, 1.82) is 5.41 Å². The Morgan fingerprint density at radius 1 is 1.62 bits per heavy atom. The monoisotopic (exact) mass is 388 g/mol. The summed E-state index contributed by atoms with van der Waals surface area (Å²) in [6.45, 7) is 2.15. The van der Waals surface area contributed by atoms with Gasteiger partial charge in [0.1, 0.15) is 5.69 Å². The van der Waals surface area contributed by atoms with E-state index >= 15 is 0 Å². The molecule has 3 rings (SSSR count). The molecule has 2 saturated heterocycles. The Bertz CT molecular complexity index is 810. The zero-order valence-corrected chi connectivity index (χ0v) is 14.8. The Hall–Kier alpha value is -2.38. The van der Waals surface area contributed by atoms with E-state index in [1.54, 1.807) is 6.07 Å². The third-order valence-corrected chi connectivity index (χ3v) is 4.82. The third kappa shape index (κ3) is 3.59. The fourth-order valence-electron chi connectivity index (χ4n) is 3.33. The van der Waals surface area contributed by atoms with Crippen LogP contribution in [0.4, 0.5) is 4.79 Å². The molecule has 0 aromatic carbocycles. The minimum atomic E-state index is -4.78. The fraction of sp³-hybridized carbons (Fsp3) is 0.615. The Labute approximate surface area is 149 Å². The average Bonchev–Trinajstić information content (AvgIpc) is 3.12. The largest absolute Gasteiger partial charge is 0.418 e. The lowest BCUT2D eigenvalue weighted by Crippen LogP contribution is -2.35. The van der Waals surface area contributed by atoms with Crippen molar-refractivity contribution in [2.24, 2.45) is 5.73 Å². The van der Waals surface area contributed by atoms with Gasteiger partial charge in [0.2, 0.25) is 0 Å². The van der Waals surface area contributed by atoms with Gasteiger partial charge in [-0.1, -0.05) is 12.1 Å². The van der Waals surface area contributed by atoms with E-state index in [1.165, 1.54) is 4.90 Å². The first kappa shape index (κ1) is 18.4. The van der Waals surface area contributed by atoms with Gasteiger partial charge in [-0.05, 0) is 19.3 Å². The molecule has 2 amide bonds. The zero-order chi connectivity index (χ0) is 19.1. The first-order chi connectivity index (χ1) is 12.2. The molecule has 2 fully saturated rings. The van der Waals surface area contributed by atoms with Gasteiger partial charge >= 0.3 is 16.4 Å². The number of nitrogens with two attached hydrogens (primary N) is 1. The van der Waals surface area contributed by atoms with Gasteiger partial charge in [-0.2, -0.15) is 13.5 Å². The molecule has 13 heteroatoms. The number of carbonyl (C=O) groups is 1. The predicted octanol–water partition coefficient (Wildman–Crippen LogP) is 0.284. The zero-order valence-electron chi connectivity index (χ0n) is 14.0. The topological polar surface area (TPSA) is 175 Å². The van der Waals surface area contributed by atoms with Gasteiger partial charge in [0.05, 0.1) is 18.1 Å². The van der Waals surface area contributed by atoms with Crippen LogP contribution in [0.5, 0.6) is 0 Å². The Morgan fingerprint density at radius 2 is 2.35 bits per heavy atom. The normalized spacial score (nSPS) is 24.0. The lowest BCUT2D eigenvalue weighted by molar-refractivity contribution is -0.0317. The number of nitrogens with zero attached hydrogens (tertiary/aromatic N) is 3. The second kappa shape index (κ2) is 6.74. The van der Waals surface area contributed by atoms with E-state index in [0.29, 0.717) is 35.8 Å². The van der Waals surface area contributed by atoms with Crippen LogP contribution in [0.15, 0.2) is 10.6 Å². The molecule has 144 valence electrons. The van der Waals surface area contributed by atoms with Gasteiger partial charge in [-0.25, -0.2) is 4.79 Å². The number of hydrogen-bond acceptors (Lipinski definition) is 7. The van der Waals surface area contributed by atoms with Crippen molar-refractivity contribution in [3.63, 3.8) is 0 Å². The van der Waals surface area contributed by atoms with Crippen molar-refractivity contribution in [2.75, 3.05) is 6.54 Å². The van der Waals surface area contributed by atoms with Gasteiger partial charge < -0.3 is 20.5 Å². The number of hydroxylamine groups is 2. The quantitative estimate of drug-likeness (QED) is 0.303. The van der Waals surface area contributed by atoms with Crippen LogP contribution in [-0.2, 0) is 14.7 Å². The van der Waals surface area contributed by atoms with Crippen LogP contribution in [0.1, 0.15) is 49.7 Å². The van der Waals surface area contributed by atoms with Crippen LogP contribution in [0, 0.1) is 5.41 Å². The summed E-state index contributed by atoms with van der Waals surface area (Å²) < 4.78 is 40.4. The number of rotatable bonds is 6. The van der Waals surface area contributed by atoms with Crippen molar-refractivity contribution in [3.8, 4) is 0 Å². The van der Waals surface area contributed by atoms with Crippen LogP contribution in [-0.4, -0.2) is 52.7 Å². The molecular weight excluding hydrogens is 368 g/mol. The van der Waals surface area contributed by atoms with Crippen molar-refractivity contribution >= 4 is 22.4 Å². The second-order valence-corrected chi connectivity index (χ2v) is 7.19. The lowest BCUT2D eigenvalue weighted by Gasteiger charge is -2.28. The summed E-state index contributed by atoms with van der Waals surface area (Å²) in [5, 5.41) is 14.8. The van der Waals surface area contributed by atoms with E-state index in [4.69, 9.17) is 20.2 Å². The van der Waals surface area contributed by atoms with E-state index < -0.39 is 28.5 Å². The molecular formula is C13H20N6O6S. The number of nitrogens with one attached hydrogen (secondary N) is 2. The van der Waals surface area contributed by atoms with E-state index in [0.717, 1.165) is 0 Å². The van der Waals surface area contributed by atoms with E-state index in [-0.39, 0.29) is 18.5 Å². The number of amides is 2. The molecule has 2 bridgehead atoms. The van der Waals surface area contributed by atoms with Crippen molar-refractivity contribution < 1.29 is 26.6 Å². The Balaban J connectivity index is 1.78. The maximum Gasteiger partial charge on any atom is 0.418 e. The second-order valence-electron chi connectivity index (χ2n) is 6.18. The van der Waals surface area contributed by atoms with Crippen LogP contribution in [0.25, 0.3) is 0 Å². The molecule has 0 spiro atoms. The molecule has 2 aliphatic rings. The Morgan fingerprint density at radius 3 is 2.96 bits per heavy atom. The first-order valence-corrected chi connectivity index (χ1v) is 9.40. The summed E-state index contributed by atoms with van der Waals surface area (Å²) in [5.41, 5.74) is 5.88. The molecule has 0 saturated carbocycles. The molecule has 12 nitrogen and oxygen atoms in total. The summed E-state index contributed by atoms with van der Waals surface area (Å²) in [6.07, 6.45) is 1.62. The summed E-state index contributed by atoms with van der Waals surface area (Å²) in [6, 6.07) is -0.155. The molecule has 3 atom stereocenters. The smallest absolute Gasteiger partial charge is 0.370 e. The number of aromatic nitrogens is 1. The molecule has 1 unspecified atom stereocenters. The van der Waals surface area contributed by atoms with Crippen molar-refractivity contribution in [3.05, 3.63) is 17.5 Å². The summed E-state index contributed by atoms with van der Waals surface area (Å²) >= 11 is 0. The maximum atomic E-state index is 12.4. The minimum Gasteiger partial charge on any atom is -0.370 e. The van der Waals surface area contributed by atoms with Crippen molar-refractivity contribution in [2.45, 2.75) is 44.3 Å². The number of fused-ring (bicyclic) bond motifs is 2. The van der Waals surface area contributed by atoms with E-state index in [9.17, 15) is 13.2 Å². The highest BCUT2D eigenvalue weighted by atomic mass is 32.3.